The molecule has 37 heavy (non-hydrogen) atoms. The highest BCUT2D eigenvalue weighted by Gasteiger charge is 2.26. The van der Waals surface area contributed by atoms with E-state index in [9.17, 15) is 4.79 Å². The number of rotatable bonds is 11. The summed E-state index contributed by atoms with van der Waals surface area (Å²) in [5.41, 5.74) is 3.73. The molecule has 2 aromatic heterocycles. The van der Waals surface area contributed by atoms with Gasteiger partial charge in [-0.1, -0.05) is 31.0 Å². The molecule has 0 amide bonds. The molecular formula is C28H38N4O4S. The normalized spacial score (nSPS) is 15.1. The van der Waals surface area contributed by atoms with Crippen LogP contribution in [0.25, 0.3) is 11.4 Å². The summed E-state index contributed by atoms with van der Waals surface area (Å²) in [5, 5.41) is 9.93. The van der Waals surface area contributed by atoms with Crippen LogP contribution >= 0.6 is 11.8 Å². The van der Waals surface area contributed by atoms with Crippen LogP contribution in [0.15, 0.2) is 29.4 Å². The number of hydrogen-bond donors (Lipinski definition) is 0. The second kappa shape index (κ2) is 12.2. The van der Waals surface area contributed by atoms with Crippen molar-refractivity contribution < 1.29 is 19.0 Å². The quantitative estimate of drug-likeness (QED) is 0.222. The first-order chi connectivity index (χ1) is 17.9. The van der Waals surface area contributed by atoms with Gasteiger partial charge in [-0.2, -0.15) is 0 Å². The fraction of sp³-hybridized carbons (Fsp3) is 0.536. The molecule has 1 atom stereocenters. The van der Waals surface area contributed by atoms with Crippen LogP contribution in [0.5, 0.6) is 11.5 Å². The van der Waals surface area contributed by atoms with E-state index in [-0.39, 0.29) is 11.8 Å². The number of Topliss-reactive ketones (excluding diaryl/α,β-unsaturated/α-hetero) is 1. The number of aryl methyl sites for hydroxylation is 1. The molecule has 200 valence electrons. The smallest absolute Gasteiger partial charge is 0.192 e. The Labute approximate surface area is 223 Å². The maximum absolute atomic E-state index is 13.3. The van der Waals surface area contributed by atoms with Crippen LogP contribution in [0, 0.1) is 13.8 Å². The highest BCUT2D eigenvalue weighted by molar-refractivity contribution is 7.99. The molecule has 2 heterocycles. The SMILES string of the molecule is COCC(C)n1c(C)cc(C(=O)CSc2nnc(-c3ccc(OC)c(OC)c3)n2C2CCCCC2)c1C. The van der Waals surface area contributed by atoms with Crippen molar-refractivity contribution in [3.8, 4) is 22.9 Å². The van der Waals surface area contributed by atoms with Crippen molar-refractivity contribution in [2.24, 2.45) is 0 Å². The lowest BCUT2D eigenvalue weighted by Crippen LogP contribution is -2.16. The Kier molecular flexibility index (Phi) is 8.97. The van der Waals surface area contributed by atoms with Crippen molar-refractivity contribution in [3.63, 3.8) is 0 Å². The van der Waals surface area contributed by atoms with Crippen LogP contribution in [0.1, 0.15) is 72.9 Å². The van der Waals surface area contributed by atoms with Crippen molar-refractivity contribution in [1.29, 1.82) is 0 Å². The Morgan fingerprint density at radius 2 is 1.78 bits per heavy atom. The number of thioether (sulfide) groups is 1. The molecule has 4 rings (SSSR count). The van der Waals surface area contributed by atoms with Crippen LogP contribution in [0.2, 0.25) is 0 Å². The number of methoxy groups -OCH3 is 3. The van der Waals surface area contributed by atoms with Crippen molar-refractivity contribution >= 4 is 17.5 Å². The fourth-order valence-electron chi connectivity index (χ4n) is 5.48. The molecule has 0 spiro atoms. The largest absolute Gasteiger partial charge is 0.493 e. The van der Waals surface area contributed by atoms with Gasteiger partial charge in [-0.15, -0.1) is 10.2 Å². The van der Waals surface area contributed by atoms with Gasteiger partial charge in [0.1, 0.15) is 0 Å². The number of carbonyl (C=O) groups is 1. The Morgan fingerprint density at radius 1 is 1.05 bits per heavy atom. The monoisotopic (exact) mass is 526 g/mol. The molecule has 3 aromatic rings. The van der Waals surface area contributed by atoms with E-state index in [1.807, 2.05) is 38.1 Å². The molecule has 1 aliphatic carbocycles. The molecule has 1 aliphatic rings. The zero-order valence-corrected chi connectivity index (χ0v) is 23.6. The summed E-state index contributed by atoms with van der Waals surface area (Å²) in [7, 11) is 4.96. The molecule has 1 aromatic carbocycles. The lowest BCUT2D eigenvalue weighted by molar-refractivity contribution is 0.102. The lowest BCUT2D eigenvalue weighted by Gasteiger charge is -2.25. The molecule has 9 heteroatoms. The minimum absolute atomic E-state index is 0.0971. The average molecular weight is 527 g/mol. The van der Waals surface area contributed by atoms with E-state index < -0.39 is 0 Å². The summed E-state index contributed by atoms with van der Waals surface area (Å²) in [4.78, 5) is 13.3. The minimum Gasteiger partial charge on any atom is -0.493 e. The highest BCUT2D eigenvalue weighted by atomic mass is 32.2. The maximum atomic E-state index is 13.3. The Bertz CT molecular complexity index is 1230. The predicted molar refractivity (Wildman–Crippen MR) is 146 cm³/mol. The first-order valence-corrected chi connectivity index (χ1v) is 13.9. The minimum atomic E-state index is 0.0971. The van der Waals surface area contributed by atoms with Gasteiger partial charge in [0.15, 0.2) is 28.3 Å². The first kappa shape index (κ1) is 27.3. The first-order valence-electron chi connectivity index (χ1n) is 12.9. The summed E-state index contributed by atoms with van der Waals surface area (Å²) in [6.07, 6.45) is 5.78. The standard InChI is InChI=1S/C28H38N4O4S/c1-18-14-23(20(3)31(18)19(2)16-34-4)24(33)17-37-28-30-29-27(32(28)22-10-8-7-9-11-22)21-12-13-25(35-5)26(15-21)36-6/h12-15,19,22H,7-11,16-17H2,1-6H3. The number of aromatic nitrogens is 4. The van der Waals surface area contributed by atoms with Crippen molar-refractivity contribution in [3.05, 3.63) is 41.2 Å². The van der Waals surface area contributed by atoms with Gasteiger partial charge in [-0.25, -0.2) is 0 Å². The summed E-state index contributed by atoms with van der Waals surface area (Å²) in [6.45, 7) is 6.76. The van der Waals surface area contributed by atoms with E-state index in [1.54, 1.807) is 21.3 Å². The Morgan fingerprint density at radius 3 is 2.46 bits per heavy atom. The van der Waals surface area contributed by atoms with Gasteiger partial charge in [0.05, 0.1) is 32.6 Å². The average Bonchev–Trinajstić information content (AvgIpc) is 3.47. The topological polar surface area (TPSA) is 80.4 Å². The van der Waals surface area contributed by atoms with Crippen LogP contribution < -0.4 is 9.47 Å². The van der Waals surface area contributed by atoms with Crippen molar-refractivity contribution in [2.75, 3.05) is 33.7 Å². The maximum Gasteiger partial charge on any atom is 0.192 e. The van der Waals surface area contributed by atoms with E-state index in [0.29, 0.717) is 29.9 Å². The predicted octanol–water partition coefficient (Wildman–Crippen LogP) is 6.07. The number of benzene rings is 1. The Balaban J connectivity index is 1.61. The summed E-state index contributed by atoms with van der Waals surface area (Å²) in [6, 6.07) is 8.29. The second-order valence-corrected chi connectivity index (χ2v) is 10.7. The second-order valence-electron chi connectivity index (χ2n) is 9.71. The summed E-state index contributed by atoms with van der Waals surface area (Å²) >= 11 is 1.47. The van der Waals surface area contributed by atoms with Gasteiger partial charge in [0.2, 0.25) is 0 Å². The third-order valence-electron chi connectivity index (χ3n) is 7.21. The van der Waals surface area contributed by atoms with Crippen molar-refractivity contribution in [2.45, 2.75) is 70.1 Å². The number of ether oxygens (including phenoxy) is 3. The zero-order chi connectivity index (χ0) is 26.5. The summed E-state index contributed by atoms with van der Waals surface area (Å²) in [5.74, 6) is 2.53. The van der Waals surface area contributed by atoms with Crippen LogP contribution in [0.3, 0.4) is 0 Å². The van der Waals surface area contributed by atoms with E-state index in [0.717, 1.165) is 46.3 Å². The van der Waals surface area contributed by atoms with E-state index in [2.05, 4.69) is 26.3 Å². The molecule has 1 saturated carbocycles. The van der Waals surface area contributed by atoms with Gasteiger partial charge in [-0.05, 0) is 57.9 Å². The van der Waals surface area contributed by atoms with Crippen LogP contribution in [-0.4, -0.2) is 58.8 Å². The van der Waals surface area contributed by atoms with Gasteiger partial charge in [0, 0.05) is 35.7 Å². The van der Waals surface area contributed by atoms with Gasteiger partial charge in [0.25, 0.3) is 0 Å². The van der Waals surface area contributed by atoms with E-state index >= 15 is 0 Å². The zero-order valence-electron chi connectivity index (χ0n) is 22.7. The van der Waals surface area contributed by atoms with Crippen LogP contribution in [0.4, 0.5) is 0 Å². The molecule has 8 nitrogen and oxygen atoms in total. The molecule has 0 saturated heterocycles. The van der Waals surface area contributed by atoms with E-state index in [4.69, 9.17) is 14.2 Å². The molecular weight excluding hydrogens is 488 g/mol. The highest BCUT2D eigenvalue weighted by Crippen LogP contribution is 2.38. The number of nitrogens with zero attached hydrogens (tertiary/aromatic N) is 4. The number of hydrogen-bond acceptors (Lipinski definition) is 7. The third kappa shape index (κ3) is 5.72. The van der Waals surface area contributed by atoms with Crippen LogP contribution in [-0.2, 0) is 4.74 Å². The Hall–Kier alpha value is -2.78. The number of carbonyl (C=O) groups excluding carboxylic acids is 1. The molecule has 0 N–H and O–H groups in total. The molecule has 1 fully saturated rings. The van der Waals surface area contributed by atoms with Gasteiger partial charge in [-0.3, -0.25) is 9.36 Å². The van der Waals surface area contributed by atoms with Crippen molar-refractivity contribution in [1.82, 2.24) is 19.3 Å². The molecule has 1 unspecified atom stereocenters. The van der Waals surface area contributed by atoms with E-state index in [1.165, 1.54) is 31.0 Å². The summed E-state index contributed by atoms with van der Waals surface area (Å²) < 4.78 is 20.7. The molecule has 0 bridgehead atoms. The molecule has 0 radical (unpaired) electrons. The fourth-order valence-corrected chi connectivity index (χ4v) is 6.37. The van der Waals surface area contributed by atoms with Gasteiger partial charge < -0.3 is 18.8 Å². The number of ketones is 1. The molecule has 0 aliphatic heterocycles. The third-order valence-corrected chi connectivity index (χ3v) is 8.15. The van der Waals surface area contributed by atoms with Gasteiger partial charge >= 0.3 is 0 Å². The lowest BCUT2D eigenvalue weighted by atomic mass is 9.95.